The Bertz CT molecular complexity index is 1220. The number of carbonyl (C=O) groups excluding carboxylic acids is 1. The van der Waals surface area contributed by atoms with Gasteiger partial charge in [0, 0.05) is 35.7 Å². The van der Waals surface area contributed by atoms with Crippen molar-refractivity contribution in [3.63, 3.8) is 0 Å². The first kappa shape index (κ1) is 18.5. The second-order valence-electron chi connectivity index (χ2n) is 8.62. The van der Waals surface area contributed by atoms with Gasteiger partial charge < -0.3 is 10.2 Å². The second kappa shape index (κ2) is 6.60. The monoisotopic (exact) mass is 421 g/mol. The Kier molecular flexibility index (Phi) is 3.94. The SMILES string of the molecule is Cc1cc2c(cc1C(=O)N1Cc3c(F)ccc(F)c3C1)NCc1nnc(C3CCC3)n1-2. The predicted molar refractivity (Wildman–Crippen MR) is 110 cm³/mol. The molecule has 6 rings (SSSR count). The molecule has 1 aliphatic carbocycles. The molecule has 1 saturated carbocycles. The highest BCUT2D eigenvalue weighted by Gasteiger charge is 2.32. The molecule has 1 N–H and O–H groups in total. The van der Waals surface area contributed by atoms with Crippen molar-refractivity contribution >= 4 is 11.6 Å². The molecule has 3 aromatic rings. The van der Waals surface area contributed by atoms with E-state index in [1.165, 1.54) is 11.3 Å². The lowest BCUT2D eigenvalue weighted by Crippen LogP contribution is -2.27. The maximum absolute atomic E-state index is 14.1. The molecular weight excluding hydrogens is 400 g/mol. The fourth-order valence-corrected chi connectivity index (χ4v) is 4.79. The van der Waals surface area contributed by atoms with Crippen LogP contribution in [0.4, 0.5) is 14.5 Å². The van der Waals surface area contributed by atoms with Crippen LogP contribution in [-0.4, -0.2) is 25.6 Å². The van der Waals surface area contributed by atoms with E-state index in [0.717, 1.165) is 53.6 Å². The number of carbonyl (C=O) groups is 1. The van der Waals surface area contributed by atoms with Crippen LogP contribution >= 0.6 is 0 Å². The lowest BCUT2D eigenvalue weighted by Gasteiger charge is -2.28. The number of aryl methyl sites for hydroxylation is 1. The molecule has 3 aliphatic rings. The zero-order chi connectivity index (χ0) is 21.3. The molecule has 8 heteroatoms. The van der Waals surface area contributed by atoms with Crippen LogP contribution in [-0.2, 0) is 19.6 Å². The first-order valence-corrected chi connectivity index (χ1v) is 10.6. The number of hydrogen-bond acceptors (Lipinski definition) is 4. The van der Waals surface area contributed by atoms with E-state index in [9.17, 15) is 13.6 Å². The van der Waals surface area contributed by atoms with Crippen molar-refractivity contribution in [2.75, 3.05) is 5.32 Å². The van der Waals surface area contributed by atoms with E-state index in [2.05, 4.69) is 20.1 Å². The highest BCUT2D eigenvalue weighted by Crippen LogP contribution is 2.40. The topological polar surface area (TPSA) is 63.1 Å². The van der Waals surface area contributed by atoms with E-state index in [0.29, 0.717) is 18.0 Å². The van der Waals surface area contributed by atoms with Gasteiger partial charge in [-0.15, -0.1) is 10.2 Å². The van der Waals surface area contributed by atoms with Crippen LogP contribution in [0.2, 0.25) is 0 Å². The van der Waals surface area contributed by atoms with Crippen LogP contribution in [0.3, 0.4) is 0 Å². The van der Waals surface area contributed by atoms with E-state index < -0.39 is 11.6 Å². The smallest absolute Gasteiger partial charge is 0.254 e. The van der Waals surface area contributed by atoms with Crippen LogP contribution in [0.15, 0.2) is 24.3 Å². The molecule has 0 bridgehead atoms. The maximum Gasteiger partial charge on any atom is 0.254 e. The van der Waals surface area contributed by atoms with Gasteiger partial charge in [-0.2, -0.15) is 0 Å². The summed E-state index contributed by atoms with van der Waals surface area (Å²) in [5.74, 6) is 1.11. The van der Waals surface area contributed by atoms with Gasteiger partial charge in [0.05, 0.1) is 17.9 Å². The third-order valence-corrected chi connectivity index (χ3v) is 6.78. The number of anilines is 1. The highest BCUT2D eigenvalue weighted by atomic mass is 19.1. The van der Waals surface area contributed by atoms with E-state index in [1.54, 1.807) is 0 Å². The Hall–Kier alpha value is -3.29. The molecule has 0 radical (unpaired) electrons. The molecule has 3 heterocycles. The molecule has 0 atom stereocenters. The summed E-state index contributed by atoms with van der Waals surface area (Å²) in [4.78, 5) is 14.8. The van der Waals surface area contributed by atoms with Crippen LogP contribution in [0.5, 0.6) is 0 Å². The molecule has 0 unspecified atom stereocenters. The largest absolute Gasteiger partial charge is 0.376 e. The second-order valence-corrected chi connectivity index (χ2v) is 8.62. The lowest BCUT2D eigenvalue weighted by molar-refractivity contribution is 0.0749. The normalized spacial score (nSPS) is 16.9. The first-order valence-electron chi connectivity index (χ1n) is 10.6. The minimum absolute atomic E-state index is 0.0725. The minimum Gasteiger partial charge on any atom is -0.376 e. The van der Waals surface area contributed by atoms with Gasteiger partial charge in [0.1, 0.15) is 17.5 Å². The molecule has 0 saturated heterocycles. The van der Waals surface area contributed by atoms with Crippen molar-refractivity contribution in [1.82, 2.24) is 19.7 Å². The Labute approximate surface area is 177 Å². The molecule has 1 amide bonds. The number of aromatic nitrogens is 3. The van der Waals surface area contributed by atoms with E-state index >= 15 is 0 Å². The fraction of sp³-hybridized carbons (Fsp3) is 0.348. The molecule has 6 nitrogen and oxygen atoms in total. The molecule has 158 valence electrons. The average Bonchev–Trinajstić information content (AvgIpc) is 3.35. The summed E-state index contributed by atoms with van der Waals surface area (Å²) in [6.45, 7) is 2.57. The van der Waals surface area contributed by atoms with Gasteiger partial charge in [0.25, 0.3) is 5.91 Å². The molecule has 2 aromatic carbocycles. The Morgan fingerprint density at radius 3 is 2.45 bits per heavy atom. The predicted octanol–water partition coefficient (Wildman–Crippen LogP) is 4.20. The van der Waals surface area contributed by atoms with Crippen LogP contribution in [0.1, 0.15) is 63.9 Å². The van der Waals surface area contributed by atoms with Gasteiger partial charge >= 0.3 is 0 Å². The van der Waals surface area contributed by atoms with Crippen LogP contribution < -0.4 is 5.32 Å². The molecule has 31 heavy (non-hydrogen) atoms. The number of nitrogens with one attached hydrogen (secondary N) is 1. The Morgan fingerprint density at radius 1 is 1.10 bits per heavy atom. The summed E-state index contributed by atoms with van der Waals surface area (Å²) in [6.07, 6.45) is 3.46. The van der Waals surface area contributed by atoms with Gasteiger partial charge in [-0.1, -0.05) is 6.42 Å². The number of amides is 1. The number of rotatable bonds is 2. The molecule has 1 aromatic heterocycles. The summed E-state index contributed by atoms with van der Waals surface area (Å²) in [6, 6.07) is 6.06. The maximum atomic E-state index is 14.1. The number of halogens is 2. The highest BCUT2D eigenvalue weighted by molar-refractivity contribution is 5.97. The standard InChI is InChI=1S/C23H21F2N5O/c1-12-7-20-19(26-9-21-27-28-22(30(20)21)13-3-2-4-13)8-14(12)23(31)29-10-15-16(11-29)18(25)6-5-17(15)24/h5-8,13,26H,2-4,9-11H2,1H3. The van der Waals surface area contributed by atoms with Gasteiger partial charge in [0.2, 0.25) is 0 Å². The van der Waals surface area contributed by atoms with Crippen molar-refractivity contribution in [1.29, 1.82) is 0 Å². The quantitative estimate of drug-likeness (QED) is 0.674. The molecule has 1 fully saturated rings. The van der Waals surface area contributed by atoms with Crippen molar-refractivity contribution in [3.05, 3.63) is 69.8 Å². The zero-order valence-electron chi connectivity index (χ0n) is 17.1. The zero-order valence-corrected chi connectivity index (χ0v) is 17.1. The number of nitrogens with zero attached hydrogens (tertiary/aromatic N) is 4. The minimum atomic E-state index is -0.473. The van der Waals surface area contributed by atoms with Crippen LogP contribution in [0, 0.1) is 18.6 Å². The molecular formula is C23H21F2N5O. The number of hydrogen-bond donors (Lipinski definition) is 1. The van der Waals surface area contributed by atoms with Gasteiger partial charge in [0.15, 0.2) is 5.82 Å². The third-order valence-electron chi connectivity index (χ3n) is 6.78. The van der Waals surface area contributed by atoms with Gasteiger partial charge in [-0.25, -0.2) is 8.78 Å². The van der Waals surface area contributed by atoms with E-state index in [4.69, 9.17) is 0 Å². The lowest BCUT2D eigenvalue weighted by atomic mass is 9.84. The fourth-order valence-electron chi connectivity index (χ4n) is 4.79. The van der Waals surface area contributed by atoms with Crippen molar-refractivity contribution in [2.45, 2.75) is 51.7 Å². The number of benzene rings is 2. The van der Waals surface area contributed by atoms with Crippen LogP contribution in [0.25, 0.3) is 5.69 Å². The average molecular weight is 421 g/mol. The third kappa shape index (κ3) is 2.70. The van der Waals surface area contributed by atoms with E-state index in [-0.39, 0.29) is 30.1 Å². The summed E-state index contributed by atoms with van der Waals surface area (Å²) >= 11 is 0. The van der Waals surface area contributed by atoms with Crippen molar-refractivity contribution < 1.29 is 13.6 Å². The summed E-state index contributed by atoms with van der Waals surface area (Å²) in [5.41, 5.74) is 3.66. The van der Waals surface area contributed by atoms with E-state index in [1.807, 2.05) is 19.1 Å². The Morgan fingerprint density at radius 2 is 1.81 bits per heavy atom. The summed E-state index contributed by atoms with van der Waals surface area (Å²) < 4.78 is 30.4. The summed E-state index contributed by atoms with van der Waals surface area (Å²) in [5, 5.41) is 12.1. The van der Waals surface area contributed by atoms with Crippen molar-refractivity contribution in [2.24, 2.45) is 0 Å². The molecule has 0 spiro atoms. The summed E-state index contributed by atoms with van der Waals surface area (Å²) in [7, 11) is 0. The molecule has 2 aliphatic heterocycles. The Balaban J connectivity index is 1.36. The number of fused-ring (bicyclic) bond motifs is 4. The first-order chi connectivity index (χ1) is 15.0. The van der Waals surface area contributed by atoms with Crippen molar-refractivity contribution in [3.8, 4) is 5.69 Å². The van der Waals surface area contributed by atoms with Gasteiger partial charge in [-0.3, -0.25) is 9.36 Å². The van der Waals surface area contributed by atoms with Gasteiger partial charge in [-0.05, 0) is 49.6 Å².